The highest BCUT2D eigenvalue weighted by molar-refractivity contribution is 6.00. The third-order valence-electron chi connectivity index (χ3n) is 5.48. The van der Waals surface area contributed by atoms with Crippen LogP contribution in [0.5, 0.6) is 0 Å². The molecule has 1 aromatic rings. The average molecular weight is 388 g/mol. The smallest absolute Gasteiger partial charge is 0.227 e. The second-order valence-corrected chi connectivity index (χ2v) is 8.32. The van der Waals surface area contributed by atoms with E-state index < -0.39 is 0 Å². The number of amides is 2. The molecule has 0 spiro atoms. The summed E-state index contributed by atoms with van der Waals surface area (Å²) < 4.78 is 5.81. The van der Waals surface area contributed by atoms with Crippen LogP contribution >= 0.6 is 0 Å². The van der Waals surface area contributed by atoms with E-state index in [0.29, 0.717) is 25.6 Å². The molecular formula is C22H33N3O3. The first-order valence-electron chi connectivity index (χ1n) is 10.5. The third-order valence-corrected chi connectivity index (χ3v) is 5.48. The van der Waals surface area contributed by atoms with Crippen LogP contribution in [0, 0.1) is 11.8 Å². The van der Waals surface area contributed by atoms with Gasteiger partial charge in [0.25, 0.3) is 0 Å². The van der Waals surface area contributed by atoms with E-state index in [9.17, 15) is 9.59 Å². The Hall–Kier alpha value is -1.92. The van der Waals surface area contributed by atoms with Gasteiger partial charge in [-0.1, -0.05) is 32.9 Å². The highest BCUT2D eigenvalue weighted by atomic mass is 16.5. The van der Waals surface area contributed by atoms with Crippen molar-refractivity contribution in [3.8, 4) is 0 Å². The number of nitrogens with one attached hydrogen (secondary N) is 1. The number of benzene rings is 1. The summed E-state index contributed by atoms with van der Waals surface area (Å²) in [5.74, 6) is 0.292. The zero-order valence-corrected chi connectivity index (χ0v) is 17.3. The number of aryl methyl sites for hydroxylation is 1. The lowest BCUT2D eigenvalue weighted by Crippen LogP contribution is -2.49. The Morgan fingerprint density at radius 3 is 2.89 bits per heavy atom. The van der Waals surface area contributed by atoms with E-state index in [2.05, 4.69) is 37.1 Å². The van der Waals surface area contributed by atoms with Gasteiger partial charge in [0.15, 0.2) is 0 Å². The molecule has 154 valence electrons. The minimum atomic E-state index is -0.298. The molecule has 0 aromatic heterocycles. The van der Waals surface area contributed by atoms with Gasteiger partial charge >= 0.3 is 0 Å². The molecule has 6 nitrogen and oxygen atoms in total. The van der Waals surface area contributed by atoms with Crippen LogP contribution in [0.4, 0.5) is 5.69 Å². The van der Waals surface area contributed by atoms with Crippen molar-refractivity contribution in [2.45, 2.75) is 39.7 Å². The topological polar surface area (TPSA) is 61.9 Å². The molecule has 6 heteroatoms. The normalized spacial score (nSPS) is 23.4. The van der Waals surface area contributed by atoms with E-state index in [1.54, 1.807) is 4.90 Å². The zero-order chi connectivity index (χ0) is 20.1. The van der Waals surface area contributed by atoms with Gasteiger partial charge in [-0.05, 0) is 30.0 Å². The van der Waals surface area contributed by atoms with E-state index in [1.165, 1.54) is 5.56 Å². The number of ether oxygens (including phenoxy) is 1. The molecule has 2 fully saturated rings. The highest BCUT2D eigenvalue weighted by Gasteiger charge is 2.35. The number of hydrogen-bond donors (Lipinski definition) is 1. The van der Waals surface area contributed by atoms with Gasteiger partial charge in [-0.15, -0.1) is 0 Å². The molecule has 0 bridgehead atoms. The van der Waals surface area contributed by atoms with E-state index >= 15 is 0 Å². The summed E-state index contributed by atoms with van der Waals surface area (Å²) in [6, 6.07) is 8.01. The van der Waals surface area contributed by atoms with Crippen molar-refractivity contribution in [2.24, 2.45) is 11.8 Å². The summed E-state index contributed by atoms with van der Waals surface area (Å²) in [6.45, 7) is 11.0. The van der Waals surface area contributed by atoms with Crippen molar-refractivity contribution in [1.82, 2.24) is 10.2 Å². The number of carbonyl (C=O) groups is 2. The summed E-state index contributed by atoms with van der Waals surface area (Å²) in [5, 5.41) is 3.01. The van der Waals surface area contributed by atoms with Crippen LogP contribution < -0.4 is 10.2 Å². The first-order valence-corrected chi connectivity index (χ1v) is 10.5. The van der Waals surface area contributed by atoms with Crippen LogP contribution in [0.25, 0.3) is 0 Å². The molecule has 1 aromatic carbocycles. The predicted molar refractivity (Wildman–Crippen MR) is 110 cm³/mol. The molecular weight excluding hydrogens is 354 g/mol. The standard InChI is InChI=1S/C22H33N3O3/c1-4-17-6-5-7-19(10-17)25-14-18(11-21(25)26)22(27)23-12-20-15-24(8-9-28-20)13-16(2)3/h5-7,10,16,18,20H,4,8-9,11-15H2,1-3H3,(H,23,27)/t18-,20+/m0/s1. The van der Waals surface area contributed by atoms with Gasteiger partial charge in [0.05, 0.1) is 18.6 Å². The van der Waals surface area contributed by atoms with Crippen LogP contribution in [0.1, 0.15) is 32.8 Å². The monoisotopic (exact) mass is 387 g/mol. The van der Waals surface area contributed by atoms with Crippen LogP contribution in [0.3, 0.4) is 0 Å². The predicted octanol–water partition coefficient (Wildman–Crippen LogP) is 2.07. The lowest BCUT2D eigenvalue weighted by Gasteiger charge is -2.34. The summed E-state index contributed by atoms with van der Waals surface area (Å²) in [4.78, 5) is 29.2. The molecule has 0 radical (unpaired) electrons. The summed E-state index contributed by atoms with van der Waals surface area (Å²) in [6.07, 6.45) is 1.22. The minimum Gasteiger partial charge on any atom is -0.374 e. The number of nitrogens with zero attached hydrogens (tertiary/aromatic N) is 2. The van der Waals surface area contributed by atoms with Crippen molar-refractivity contribution in [3.05, 3.63) is 29.8 Å². The zero-order valence-electron chi connectivity index (χ0n) is 17.3. The summed E-state index contributed by atoms with van der Waals surface area (Å²) in [7, 11) is 0. The molecule has 0 aliphatic carbocycles. The van der Waals surface area contributed by atoms with E-state index in [1.807, 2.05) is 18.2 Å². The maximum atomic E-state index is 12.6. The Bertz CT molecular complexity index is 691. The van der Waals surface area contributed by atoms with E-state index in [4.69, 9.17) is 4.74 Å². The first-order chi connectivity index (χ1) is 13.5. The molecule has 2 atom stereocenters. The van der Waals surface area contributed by atoms with Gasteiger partial charge in [-0.2, -0.15) is 0 Å². The number of hydrogen-bond acceptors (Lipinski definition) is 4. The number of anilines is 1. The fourth-order valence-corrected chi connectivity index (χ4v) is 4.02. The Kier molecular flexibility index (Phi) is 7.08. The second kappa shape index (κ2) is 9.52. The maximum absolute atomic E-state index is 12.6. The van der Waals surface area contributed by atoms with Gasteiger partial charge < -0.3 is 15.0 Å². The molecule has 0 saturated carbocycles. The van der Waals surface area contributed by atoms with Gasteiger partial charge in [-0.3, -0.25) is 14.5 Å². The van der Waals surface area contributed by atoms with Gasteiger partial charge in [0.1, 0.15) is 0 Å². The molecule has 2 aliphatic heterocycles. The van der Waals surface area contributed by atoms with Crippen LogP contribution in [-0.4, -0.2) is 62.1 Å². The van der Waals surface area contributed by atoms with Crippen molar-refractivity contribution < 1.29 is 14.3 Å². The quantitative estimate of drug-likeness (QED) is 0.778. The highest BCUT2D eigenvalue weighted by Crippen LogP contribution is 2.26. The van der Waals surface area contributed by atoms with E-state index in [-0.39, 0.29) is 30.3 Å². The fraction of sp³-hybridized carbons (Fsp3) is 0.636. The molecule has 2 heterocycles. The minimum absolute atomic E-state index is 0.0189. The van der Waals surface area contributed by atoms with Gasteiger partial charge in [0.2, 0.25) is 11.8 Å². The summed E-state index contributed by atoms with van der Waals surface area (Å²) >= 11 is 0. The lowest BCUT2D eigenvalue weighted by molar-refractivity contribution is -0.127. The second-order valence-electron chi connectivity index (χ2n) is 8.32. The molecule has 1 N–H and O–H groups in total. The fourth-order valence-electron chi connectivity index (χ4n) is 4.02. The number of rotatable bonds is 7. The molecule has 2 amide bonds. The van der Waals surface area contributed by atoms with Gasteiger partial charge in [0, 0.05) is 44.8 Å². The largest absolute Gasteiger partial charge is 0.374 e. The Morgan fingerprint density at radius 1 is 1.32 bits per heavy atom. The molecule has 0 unspecified atom stereocenters. The SMILES string of the molecule is CCc1cccc(N2C[C@@H](C(=O)NC[C@@H]3CN(CC(C)C)CCO3)CC2=O)c1. The molecule has 28 heavy (non-hydrogen) atoms. The van der Waals surface area contributed by atoms with Crippen LogP contribution in [-0.2, 0) is 20.7 Å². The average Bonchev–Trinajstić information content (AvgIpc) is 3.08. The van der Waals surface area contributed by atoms with Crippen LogP contribution in [0.15, 0.2) is 24.3 Å². The lowest BCUT2D eigenvalue weighted by atomic mass is 10.1. The van der Waals surface area contributed by atoms with Crippen LogP contribution in [0.2, 0.25) is 0 Å². The Labute approximate surface area is 168 Å². The maximum Gasteiger partial charge on any atom is 0.227 e. The number of morpholine rings is 1. The van der Waals surface area contributed by atoms with Crippen molar-refractivity contribution in [1.29, 1.82) is 0 Å². The first kappa shape index (κ1) is 20.8. The Morgan fingerprint density at radius 2 is 2.14 bits per heavy atom. The number of carbonyl (C=O) groups excluding carboxylic acids is 2. The molecule has 3 rings (SSSR count). The Balaban J connectivity index is 1.50. The van der Waals surface area contributed by atoms with Crippen molar-refractivity contribution in [2.75, 3.05) is 44.2 Å². The summed E-state index contributed by atoms with van der Waals surface area (Å²) in [5.41, 5.74) is 2.08. The van der Waals surface area contributed by atoms with Crippen molar-refractivity contribution in [3.63, 3.8) is 0 Å². The van der Waals surface area contributed by atoms with Gasteiger partial charge in [-0.25, -0.2) is 0 Å². The van der Waals surface area contributed by atoms with Crippen molar-refractivity contribution >= 4 is 17.5 Å². The third kappa shape index (κ3) is 5.32. The molecule has 2 aliphatic rings. The molecule has 2 saturated heterocycles. The van der Waals surface area contributed by atoms with E-state index in [0.717, 1.165) is 31.7 Å².